The highest BCUT2D eigenvalue weighted by Crippen LogP contribution is 2.34. The highest BCUT2D eigenvalue weighted by Gasteiger charge is 2.34. The standard InChI is InChI=1S/C18H21N3O2S2/c1-2-3-5-15-18(14(23)12-22)20(13-25-15)10-11-24-17-7-4-6-16-19-8-9-21(16)17/h4-9,12,18H,2-3,10-11,13H2,1H3. The van der Waals surface area contributed by atoms with E-state index >= 15 is 0 Å². The normalized spacial score (nSPS) is 19.7. The van der Waals surface area contributed by atoms with Gasteiger partial charge in [-0.2, -0.15) is 0 Å². The summed E-state index contributed by atoms with van der Waals surface area (Å²) in [4.78, 5) is 30.6. The minimum Gasteiger partial charge on any atom is -0.295 e. The summed E-state index contributed by atoms with van der Waals surface area (Å²) in [7, 11) is 0. The number of ketones is 1. The predicted octanol–water partition coefficient (Wildman–Crippen LogP) is 3.25. The Hall–Kier alpha value is -1.57. The largest absolute Gasteiger partial charge is 0.295 e. The van der Waals surface area contributed by atoms with E-state index in [4.69, 9.17) is 0 Å². The summed E-state index contributed by atoms with van der Waals surface area (Å²) in [5.74, 6) is 1.27. The van der Waals surface area contributed by atoms with Gasteiger partial charge >= 0.3 is 0 Å². The number of imidazole rings is 1. The Labute approximate surface area is 155 Å². The lowest BCUT2D eigenvalue weighted by Gasteiger charge is -2.21. The van der Waals surface area contributed by atoms with E-state index < -0.39 is 6.04 Å². The Morgan fingerprint density at radius 1 is 1.48 bits per heavy atom. The third kappa shape index (κ3) is 4.16. The molecule has 3 rings (SSSR count). The summed E-state index contributed by atoms with van der Waals surface area (Å²) < 4.78 is 2.06. The fraction of sp³-hybridized carbons (Fsp3) is 0.389. The van der Waals surface area contributed by atoms with E-state index in [1.807, 2.05) is 18.3 Å². The molecule has 1 saturated heterocycles. The van der Waals surface area contributed by atoms with Crippen LogP contribution in [0.4, 0.5) is 0 Å². The Morgan fingerprint density at radius 3 is 3.16 bits per heavy atom. The first-order chi connectivity index (χ1) is 12.2. The van der Waals surface area contributed by atoms with Crippen molar-refractivity contribution in [1.29, 1.82) is 0 Å². The average molecular weight is 376 g/mol. The zero-order valence-electron chi connectivity index (χ0n) is 14.1. The van der Waals surface area contributed by atoms with Gasteiger partial charge in [-0.1, -0.05) is 25.5 Å². The van der Waals surface area contributed by atoms with Crippen molar-refractivity contribution in [3.8, 4) is 0 Å². The zero-order chi connectivity index (χ0) is 17.6. The van der Waals surface area contributed by atoms with E-state index in [0.29, 0.717) is 6.29 Å². The molecule has 3 heterocycles. The number of nitrogens with zero attached hydrogens (tertiary/aromatic N) is 3. The molecule has 1 unspecified atom stereocenters. The Kier molecular flexibility index (Phi) is 6.34. The summed E-state index contributed by atoms with van der Waals surface area (Å²) in [5, 5.41) is 1.13. The number of hydrogen-bond acceptors (Lipinski definition) is 6. The molecule has 5 nitrogen and oxygen atoms in total. The van der Waals surface area contributed by atoms with Crippen LogP contribution in [-0.4, -0.2) is 50.6 Å². The summed E-state index contributed by atoms with van der Waals surface area (Å²) in [6.07, 6.45) is 8.29. The first-order valence-electron chi connectivity index (χ1n) is 8.35. The molecule has 1 atom stereocenters. The molecule has 25 heavy (non-hydrogen) atoms. The van der Waals surface area contributed by atoms with Crippen LogP contribution in [-0.2, 0) is 9.59 Å². The topological polar surface area (TPSA) is 54.7 Å². The molecule has 0 amide bonds. The molecule has 0 saturated carbocycles. The van der Waals surface area contributed by atoms with Crippen molar-refractivity contribution in [2.24, 2.45) is 0 Å². The SMILES string of the molecule is CCCC=C1SCN(CCSc2cccc3nccn23)C1C(=O)C=O. The zero-order valence-corrected chi connectivity index (χ0v) is 15.8. The number of allylic oxidation sites excluding steroid dienone is 1. The summed E-state index contributed by atoms with van der Waals surface area (Å²) in [6, 6.07) is 5.66. The fourth-order valence-electron chi connectivity index (χ4n) is 2.83. The van der Waals surface area contributed by atoms with E-state index in [2.05, 4.69) is 33.4 Å². The quantitative estimate of drug-likeness (QED) is 0.401. The van der Waals surface area contributed by atoms with Crippen LogP contribution in [0.2, 0.25) is 0 Å². The molecule has 1 fully saturated rings. The summed E-state index contributed by atoms with van der Waals surface area (Å²) in [5.41, 5.74) is 0.931. The minimum absolute atomic E-state index is 0.339. The first kappa shape index (κ1) is 18.2. The minimum atomic E-state index is -0.390. The number of fused-ring (bicyclic) bond motifs is 1. The number of unbranched alkanes of at least 4 members (excludes halogenated alkanes) is 1. The number of rotatable bonds is 8. The van der Waals surface area contributed by atoms with Gasteiger partial charge in [0, 0.05) is 35.5 Å². The highest BCUT2D eigenvalue weighted by molar-refractivity contribution is 8.03. The lowest BCUT2D eigenvalue weighted by atomic mass is 10.1. The van der Waals surface area contributed by atoms with Crippen LogP contribution in [0.15, 0.2) is 46.6 Å². The smallest absolute Gasteiger partial charge is 0.217 e. The second kappa shape index (κ2) is 8.69. The van der Waals surface area contributed by atoms with E-state index in [1.165, 1.54) is 0 Å². The summed E-state index contributed by atoms with van der Waals surface area (Å²) >= 11 is 3.41. The summed E-state index contributed by atoms with van der Waals surface area (Å²) in [6.45, 7) is 2.87. The number of Topliss-reactive ketones (excluding diaryl/α,β-unsaturated/α-hetero) is 1. The van der Waals surface area contributed by atoms with Crippen molar-refractivity contribution in [3.63, 3.8) is 0 Å². The monoisotopic (exact) mass is 375 g/mol. The van der Waals surface area contributed by atoms with Crippen molar-refractivity contribution in [2.75, 3.05) is 18.2 Å². The molecule has 0 spiro atoms. The number of aldehydes is 1. The van der Waals surface area contributed by atoms with Gasteiger partial charge in [-0.15, -0.1) is 23.5 Å². The van der Waals surface area contributed by atoms with Gasteiger partial charge in [0.05, 0.1) is 5.03 Å². The maximum atomic E-state index is 12.1. The van der Waals surface area contributed by atoms with E-state index in [1.54, 1.807) is 29.7 Å². The Bertz CT molecular complexity index is 787. The predicted molar refractivity (Wildman–Crippen MR) is 103 cm³/mol. The van der Waals surface area contributed by atoms with Gasteiger partial charge in [0.1, 0.15) is 11.7 Å². The van der Waals surface area contributed by atoms with Gasteiger partial charge in [0.2, 0.25) is 5.78 Å². The van der Waals surface area contributed by atoms with Gasteiger partial charge in [-0.3, -0.25) is 18.9 Å². The van der Waals surface area contributed by atoms with Crippen LogP contribution in [0.25, 0.3) is 5.65 Å². The molecular formula is C18H21N3O2S2. The number of carbonyl (C=O) groups excluding carboxylic acids is 2. The second-order valence-electron chi connectivity index (χ2n) is 5.77. The number of aromatic nitrogens is 2. The van der Waals surface area contributed by atoms with Gasteiger partial charge < -0.3 is 0 Å². The molecule has 2 aromatic heterocycles. The molecule has 1 aliphatic heterocycles. The molecule has 1 aliphatic rings. The molecule has 0 aromatic carbocycles. The average Bonchev–Trinajstić information content (AvgIpc) is 3.26. The van der Waals surface area contributed by atoms with Gasteiger partial charge in [0.15, 0.2) is 6.29 Å². The van der Waals surface area contributed by atoms with Crippen molar-refractivity contribution in [1.82, 2.24) is 14.3 Å². The molecule has 7 heteroatoms. The highest BCUT2D eigenvalue weighted by atomic mass is 32.2. The third-order valence-corrected chi connectivity index (χ3v) is 6.27. The number of thioether (sulfide) groups is 2. The van der Waals surface area contributed by atoms with Gasteiger partial charge in [0.25, 0.3) is 0 Å². The van der Waals surface area contributed by atoms with Crippen LogP contribution < -0.4 is 0 Å². The van der Waals surface area contributed by atoms with Crippen LogP contribution in [0.5, 0.6) is 0 Å². The fourth-order valence-corrected chi connectivity index (χ4v) is 5.09. The lowest BCUT2D eigenvalue weighted by Crippen LogP contribution is -2.39. The van der Waals surface area contributed by atoms with Crippen LogP contribution in [0, 0.1) is 0 Å². The maximum absolute atomic E-state index is 12.1. The molecule has 0 radical (unpaired) electrons. The van der Waals surface area contributed by atoms with Crippen LogP contribution in [0.1, 0.15) is 19.8 Å². The van der Waals surface area contributed by atoms with Gasteiger partial charge in [-0.25, -0.2) is 4.98 Å². The Morgan fingerprint density at radius 2 is 2.36 bits per heavy atom. The molecule has 132 valence electrons. The third-order valence-electron chi connectivity index (χ3n) is 4.07. The van der Waals surface area contributed by atoms with Crippen molar-refractivity contribution >= 4 is 41.2 Å². The van der Waals surface area contributed by atoms with Crippen molar-refractivity contribution < 1.29 is 9.59 Å². The number of pyridine rings is 1. The molecule has 0 N–H and O–H groups in total. The molecular weight excluding hydrogens is 354 g/mol. The van der Waals surface area contributed by atoms with Crippen molar-refractivity contribution in [3.05, 3.63) is 41.6 Å². The van der Waals surface area contributed by atoms with Gasteiger partial charge in [-0.05, 0) is 18.6 Å². The van der Waals surface area contributed by atoms with E-state index in [9.17, 15) is 9.59 Å². The molecule has 2 aromatic rings. The van der Waals surface area contributed by atoms with Crippen LogP contribution in [0.3, 0.4) is 0 Å². The first-order valence-corrected chi connectivity index (χ1v) is 10.3. The maximum Gasteiger partial charge on any atom is 0.217 e. The van der Waals surface area contributed by atoms with Crippen molar-refractivity contribution in [2.45, 2.75) is 30.8 Å². The molecule has 0 aliphatic carbocycles. The Balaban J connectivity index is 1.64. The number of carbonyl (C=O) groups is 2. The van der Waals surface area contributed by atoms with Crippen LogP contribution >= 0.6 is 23.5 Å². The lowest BCUT2D eigenvalue weighted by molar-refractivity contribution is -0.132. The number of hydrogen-bond donors (Lipinski definition) is 0. The second-order valence-corrected chi connectivity index (χ2v) is 7.91. The molecule has 0 bridgehead atoms. The van der Waals surface area contributed by atoms with E-state index in [0.717, 1.165) is 46.6 Å². The van der Waals surface area contributed by atoms with E-state index in [-0.39, 0.29) is 5.78 Å².